The average Bonchev–Trinajstić information content (AvgIpc) is 3.50. The number of nitrogens with two attached hydrogens (primary N) is 1. The van der Waals surface area contributed by atoms with Crippen molar-refractivity contribution in [2.45, 2.75) is 12.3 Å². The summed E-state index contributed by atoms with van der Waals surface area (Å²) in [4.78, 5) is 51.7. The topological polar surface area (TPSA) is 122 Å². The number of likely N-dealkylation sites (tertiary alicyclic amines) is 1. The largest absolute Gasteiger partial charge is 0.383 e. The molecular weight excluding hydrogens is 427 g/mol. The second-order valence-corrected chi connectivity index (χ2v) is 8.29. The Morgan fingerprint density at radius 3 is 2.61 bits per heavy atom. The number of fused-ring (bicyclic) bond motifs is 1. The molecular formula is C24H25FN4O4. The Morgan fingerprint density at radius 1 is 1.12 bits per heavy atom. The zero-order valence-corrected chi connectivity index (χ0v) is 18.0. The third-order valence-electron chi connectivity index (χ3n) is 6.19. The zero-order chi connectivity index (χ0) is 23.5. The van der Waals surface area contributed by atoms with Gasteiger partial charge < -0.3 is 21.3 Å². The summed E-state index contributed by atoms with van der Waals surface area (Å²) in [5, 5.41) is 5.52. The van der Waals surface area contributed by atoms with Crippen LogP contribution >= 0.6 is 0 Å². The summed E-state index contributed by atoms with van der Waals surface area (Å²) in [6, 6.07) is 11.4. The minimum absolute atomic E-state index is 0.0221. The lowest BCUT2D eigenvalue weighted by Gasteiger charge is -2.17. The van der Waals surface area contributed by atoms with Crippen LogP contribution in [-0.2, 0) is 9.59 Å². The fourth-order valence-electron chi connectivity index (χ4n) is 4.43. The lowest BCUT2D eigenvalue weighted by molar-refractivity contribution is -0.138. The molecule has 2 unspecified atom stereocenters. The van der Waals surface area contributed by atoms with Gasteiger partial charge in [0.15, 0.2) is 5.78 Å². The number of Topliss-reactive ketones (excluding diaryl/α,β-unsaturated/α-hetero) is 2. The van der Waals surface area contributed by atoms with Crippen LogP contribution in [0.15, 0.2) is 42.5 Å². The van der Waals surface area contributed by atoms with Gasteiger partial charge >= 0.3 is 0 Å². The van der Waals surface area contributed by atoms with Crippen LogP contribution in [0.2, 0.25) is 0 Å². The number of rotatable bonds is 7. The summed E-state index contributed by atoms with van der Waals surface area (Å²) in [6.45, 7) is 1.07. The molecule has 2 aliphatic rings. The Labute approximate surface area is 190 Å². The van der Waals surface area contributed by atoms with Crippen LogP contribution in [0, 0.1) is 11.7 Å². The molecule has 2 amide bonds. The molecule has 33 heavy (non-hydrogen) atoms. The van der Waals surface area contributed by atoms with E-state index in [2.05, 4.69) is 10.6 Å². The van der Waals surface area contributed by atoms with Gasteiger partial charge in [0.2, 0.25) is 5.78 Å². The molecule has 1 saturated heterocycles. The van der Waals surface area contributed by atoms with E-state index < -0.39 is 23.4 Å². The number of carbonyl (C=O) groups excluding carboxylic acids is 4. The number of benzene rings is 2. The molecule has 0 spiro atoms. The highest BCUT2D eigenvalue weighted by Crippen LogP contribution is 2.37. The predicted molar refractivity (Wildman–Crippen MR) is 119 cm³/mol. The second-order valence-electron chi connectivity index (χ2n) is 8.29. The summed E-state index contributed by atoms with van der Waals surface area (Å²) in [7, 11) is 0. The molecule has 0 aromatic heterocycles. The monoisotopic (exact) mass is 452 g/mol. The van der Waals surface area contributed by atoms with E-state index in [0.717, 1.165) is 6.07 Å². The van der Waals surface area contributed by atoms with Crippen molar-refractivity contribution in [3.05, 3.63) is 65.0 Å². The molecule has 172 valence electrons. The van der Waals surface area contributed by atoms with Crippen molar-refractivity contribution in [2.24, 2.45) is 11.7 Å². The Morgan fingerprint density at radius 2 is 1.88 bits per heavy atom. The molecule has 2 atom stereocenters. The van der Waals surface area contributed by atoms with Crippen LogP contribution in [0.1, 0.15) is 38.6 Å². The number of nitrogens with one attached hydrogen (secondary N) is 2. The number of nitrogens with zero attached hydrogens (tertiary/aromatic N) is 1. The fourth-order valence-corrected chi connectivity index (χ4v) is 4.43. The van der Waals surface area contributed by atoms with E-state index in [1.807, 2.05) is 6.07 Å². The molecule has 8 nitrogen and oxygen atoms in total. The first-order valence-corrected chi connectivity index (χ1v) is 10.9. The average molecular weight is 452 g/mol. The Kier molecular flexibility index (Phi) is 6.50. The summed E-state index contributed by atoms with van der Waals surface area (Å²) >= 11 is 0. The van der Waals surface area contributed by atoms with Crippen LogP contribution in [-0.4, -0.2) is 61.0 Å². The highest BCUT2D eigenvalue weighted by molar-refractivity contribution is 6.38. The molecule has 0 saturated carbocycles. The van der Waals surface area contributed by atoms with Crippen molar-refractivity contribution in [1.29, 1.82) is 0 Å². The van der Waals surface area contributed by atoms with Crippen LogP contribution in [0.3, 0.4) is 0 Å². The van der Waals surface area contributed by atoms with Gasteiger partial charge in [0.05, 0.1) is 18.2 Å². The van der Waals surface area contributed by atoms with Gasteiger partial charge in [-0.3, -0.25) is 19.2 Å². The van der Waals surface area contributed by atoms with Crippen molar-refractivity contribution in [2.75, 3.05) is 38.0 Å². The summed E-state index contributed by atoms with van der Waals surface area (Å²) < 4.78 is 14.5. The molecule has 2 aliphatic heterocycles. The molecule has 2 aromatic carbocycles. The van der Waals surface area contributed by atoms with Crippen LogP contribution in [0.4, 0.5) is 10.1 Å². The molecule has 9 heteroatoms. The Bertz CT molecular complexity index is 1110. The minimum atomic E-state index is -1.02. The lowest BCUT2D eigenvalue weighted by Crippen LogP contribution is -2.39. The summed E-state index contributed by atoms with van der Waals surface area (Å²) in [5.74, 6) is -3.68. The number of halogens is 1. The number of carbonyl (C=O) groups is 4. The van der Waals surface area contributed by atoms with E-state index in [4.69, 9.17) is 5.73 Å². The summed E-state index contributed by atoms with van der Waals surface area (Å²) in [5.41, 5.74) is 6.48. The normalized spacial score (nSPS) is 19.0. The quantitative estimate of drug-likeness (QED) is 0.430. The van der Waals surface area contributed by atoms with Crippen molar-refractivity contribution < 1.29 is 23.6 Å². The number of hydrogen-bond acceptors (Lipinski definition) is 6. The SMILES string of the molecule is NCC(=O)c1ccc(F)c2c1NCC2C(=O)C(=O)NCC1CCN(C(=O)c2ccccc2)C1. The minimum Gasteiger partial charge on any atom is -0.383 e. The molecule has 1 fully saturated rings. The standard InChI is InChI=1S/C24H25FN4O4/c25-18-7-6-16(19(30)10-26)21-20(18)17(12-27-21)22(31)23(32)28-11-14-8-9-29(13-14)24(33)15-4-2-1-3-5-15/h1-7,14,17,27H,8-13,26H2,(H,28,32). The van der Waals surface area contributed by atoms with Crippen LogP contribution in [0.5, 0.6) is 0 Å². The van der Waals surface area contributed by atoms with E-state index in [1.165, 1.54) is 6.07 Å². The van der Waals surface area contributed by atoms with Crippen LogP contribution < -0.4 is 16.4 Å². The molecule has 4 N–H and O–H groups in total. The van der Waals surface area contributed by atoms with Crippen molar-refractivity contribution in [3.8, 4) is 0 Å². The van der Waals surface area contributed by atoms with Gasteiger partial charge in [0.25, 0.3) is 11.8 Å². The van der Waals surface area contributed by atoms with E-state index in [9.17, 15) is 23.6 Å². The summed E-state index contributed by atoms with van der Waals surface area (Å²) in [6.07, 6.45) is 0.708. The first kappa shape index (κ1) is 22.6. The third kappa shape index (κ3) is 4.49. The number of amides is 2. The second kappa shape index (κ2) is 9.50. The Hall–Kier alpha value is -3.59. The van der Waals surface area contributed by atoms with Crippen LogP contribution in [0.25, 0.3) is 0 Å². The van der Waals surface area contributed by atoms with Gasteiger partial charge in [0, 0.05) is 42.9 Å². The van der Waals surface area contributed by atoms with Gasteiger partial charge in [-0.25, -0.2) is 4.39 Å². The maximum absolute atomic E-state index is 14.5. The van der Waals surface area contributed by atoms with E-state index >= 15 is 0 Å². The maximum Gasteiger partial charge on any atom is 0.288 e. The number of anilines is 1. The van der Waals surface area contributed by atoms with Gasteiger partial charge in [-0.1, -0.05) is 18.2 Å². The predicted octanol–water partition coefficient (Wildman–Crippen LogP) is 1.32. The smallest absolute Gasteiger partial charge is 0.288 e. The number of ketones is 2. The van der Waals surface area contributed by atoms with Gasteiger partial charge in [-0.2, -0.15) is 0 Å². The fraction of sp³-hybridized carbons (Fsp3) is 0.333. The first-order valence-electron chi connectivity index (χ1n) is 10.9. The third-order valence-corrected chi connectivity index (χ3v) is 6.19. The molecule has 4 rings (SSSR count). The Balaban J connectivity index is 1.36. The highest BCUT2D eigenvalue weighted by Gasteiger charge is 2.37. The van der Waals surface area contributed by atoms with E-state index in [0.29, 0.717) is 25.1 Å². The van der Waals surface area contributed by atoms with E-state index in [1.54, 1.807) is 29.2 Å². The maximum atomic E-state index is 14.5. The number of hydrogen-bond donors (Lipinski definition) is 3. The van der Waals surface area contributed by atoms with E-state index in [-0.39, 0.29) is 54.1 Å². The van der Waals surface area contributed by atoms with Gasteiger partial charge in [-0.05, 0) is 36.6 Å². The van der Waals surface area contributed by atoms with Crippen molar-refractivity contribution in [3.63, 3.8) is 0 Å². The van der Waals surface area contributed by atoms with Gasteiger partial charge in [0.1, 0.15) is 5.82 Å². The molecule has 0 aliphatic carbocycles. The molecule has 2 aromatic rings. The first-order chi connectivity index (χ1) is 15.9. The van der Waals surface area contributed by atoms with Crippen molar-refractivity contribution >= 4 is 29.1 Å². The highest BCUT2D eigenvalue weighted by atomic mass is 19.1. The zero-order valence-electron chi connectivity index (χ0n) is 18.0. The van der Waals surface area contributed by atoms with Crippen molar-refractivity contribution in [1.82, 2.24) is 10.2 Å². The van der Waals surface area contributed by atoms with Gasteiger partial charge in [-0.15, -0.1) is 0 Å². The molecule has 0 bridgehead atoms. The molecule has 2 heterocycles. The lowest BCUT2D eigenvalue weighted by atomic mass is 9.93. The molecule has 0 radical (unpaired) electrons.